The lowest BCUT2D eigenvalue weighted by Gasteiger charge is -2.15. The minimum Gasteiger partial charge on any atom is -0.497 e. The summed E-state index contributed by atoms with van der Waals surface area (Å²) in [4.78, 5) is 11.9. The standard InChI is InChI=1S/C17H25NO2.C2H6.H2/c1-4-6-15(7-5-2)18-17(19)13-10-14-8-11-16(20-3)12-9-14;1-2;/h8-13,15H,4-7H2,1-3H3,(H,18,19);1-2H3;1H/b13-10+;;. The van der Waals surface area contributed by atoms with E-state index in [4.69, 9.17) is 4.74 Å². The first-order valence-electron chi connectivity index (χ1n) is 8.32. The Balaban J connectivity index is 0. The average Bonchev–Trinajstić information content (AvgIpc) is 2.56. The molecule has 1 aromatic carbocycles. The summed E-state index contributed by atoms with van der Waals surface area (Å²) >= 11 is 0. The highest BCUT2D eigenvalue weighted by Crippen LogP contribution is 2.12. The molecule has 0 spiro atoms. The van der Waals surface area contributed by atoms with Crippen LogP contribution in [0.3, 0.4) is 0 Å². The second-order valence-electron chi connectivity index (χ2n) is 4.89. The summed E-state index contributed by atoms with van der Waals surface area (Å²) in [6.45, 7) is 8.28. The average molecular weight is 307 g/mol. The molecule has 1 amide bonds. The van der Waals surface area contributed by atoms with Crippen molar-refractivity contribution in [3.05, 3.63) is 35.9 Å². The topological polar surface area (TPSA) is 38.3 Å². The quantitative estimate of drug-likeness (QED) is 0.681. The second kappa shape index (κ2) is 12.9. The van der Waals surface area contributed by atoms with Crippen LogP contribution in [0.25, 0.3) is 6.08 Å². The van der Waals surface area contributed by atoms with E-state index in [-0.39, 0.29) is 13.4 Å². The van der Waals surface area contributed by atoms with Gasteiger partial charge in [0.2, 0.25) is 5.91 Å². The molecule has 0 aliphatic heterocycles. The van der Waals surface area contributed by atoms with Crippen molar-refractivity contribution in [3.63, 3.8) is 0 Å². The van der Waals surface area contributed by atoms with Gasteiger partial charge in [-0.15, -0.1) is 0 Å². The van der Waals surface area contributed by atoms with Gasteiger partial charge in [-0.3, -0.25) is 4.79 Å². The molecule has 0 radical (unpaired) electrons. The monoisotopic (exact) mass is 307 g/mol. The van der Waals surface area contributed by atoms with Crippen molar-refractivity contribution in [3.8, 4) is 5.75 Å². The molecule has 0 aliphatic rings. The number of amides is 1. The Labute approximate surface area is 137 Å². The first kappa shape index (κ1) is 20.2. The van der Waals surface area contributed by atoms with Gasteiger partial charge in [0, 0.05) is 13.5 Å². The Morgan fingerprint density at radius 3 is 2.18 bits per heavy atom. The highest BCUT2D eigenvalue weighted by molar-refractivity contribution is 5.91. The van der Waals surface area contributed by atoms with Crippen molar-refractivity contribution in [1.82, 2.24) is 5.32 Å². The molecule has 1 aromatic rings. The number of nitrogens with one attached hydrogen (secondary N) is 1. The van der Waals surface area contributed by atoms with Crippen molar-refractivity contribution >= 4 is 12.0 Å². The molecule has 0 aromatic heterocycles. The maximum atomic E-state index is 11.9. The van der Waals surface area contributed by atoms with Crippen LogP contribution in [-0.4, -0.2) is 19.1 Å². The zero-order valence-electron chi connectivity index (χ0n) is 14.7. The third-order valence-electron chi connectivity index (χ3n) is 3.16. The number of hydrogen-bond acceptors (Lipinski definition) is 2. The van der Waals surface area contributed by atoms with Gasteiger partial charge in [-0.05, 0) is 36.6 Å². The number of carbonyl (C=O) groups is 1. The van der Waals surface area contributed by atoms with E-state index in [1.807, 2.05) is 44.2 Å². The van der Waals surface area contributed by atoms with Gasteiger partial charge in [0.05, 0.1) is 7.11 Å². The smallest absolute Gasteiger partial charge is 0.244 e. The van der Waals surface area contributed by atoms with Gasteiger partial charge in [0.1, 0.15) is 5.75 Å². The minimum atomic E-state index is -0.0206. The number of carbonyl (C=O) groups excluding carboxylic acids is 1. The number of benzene rings is 1. The van der Waals surface area contributed by atoms with Crippen LogP contribution in [0.4, 0.5) is 0 Å². The fraction of sp³-hybridized carbons (Fsp3) is 0.526. The van der Waals surface area contributed by atoms with Crippen LogP contribution in [0.15, 0.2) is 30.3 Å². The Bertz CT molecular complexity index is 424. The molecule has 126 valence electrons. The van der Waals surface area contributed by atoms with Crippen LogP contribution in [0.2, 0.25) is 0 Å². The van der Waals surface area contributed by atoms with Gasteiger partial charge in [-0.25, -0.2) is 0 Å². The van der Waals surface area contributed by atoms with E-state index in [9.17, 15) is 4.79 Å². The lowest BCUT2D eigenvalue weighted by Crippen LogP contribution is -2.33. The van der Waals surface area contributed by atoms with E-state index >= 15 is 0 Å². The molecule has 0 saturated heterocycles. The first-order valence-corrected chi connectivity index (χ1v) is 8.32. The fourth-order valence-electron chi connectivity index (χ4n) is 2.12. The molecule has 1 N–H and O–H groups in total. The summed E-state index contributed by atoms with van der Waals surface area (Å²) in [7, 11) is 1.64. The normalized spacial score (nSPS) is 10.3. The highest BCUT2D eigenvalue weighted by atomic mass is 16.5. The summed E-state index contributed by atoms with van der Waals surface area (Å²) in [5, 5.41) is 3.06. The zero-order valence-corrected chi connectivity index (χ0v) is 14.7. The third-order valence-corrected chi connectivity index (χ3v) is 3.16. The minimum absolute atomic E-state index is 0. The lowest BCUT2D eigenvalue weighted by atomic mass is 10.1. The van der Waals surface area contributed by atoms with E-state index in [0.717, 1.165) is 37.0 Å². The van der Waals surface area contributed by atoms with Crippen molar-refractivity contribution in [2.45, 2.75) is 59.4 Å². The van der Waals surface area contributed by atoms with Crippen molar-refractivity contribution in [2.75, 3.05) is 7.11 Å². The Morgan fingerprint density at radius 1 is 1.18 bits per heavy atom. The zero-order chi connectivity index (χ0) is 16.8. The lowest BCUT2D eigenvalue weighted by molar-refractivity contribution is -0.117. The number of rotatable bonds is 8. The molecule has 3 heteroatoms. The van der Waals surface area contributed by atoms with E-state index in [2.05, 4.69) is 19.2 Å². The Kier molecular flexibility index (Phi) is 11.9. The maximum absolute atomic E-state index is 11.9. The largest absolute Gasteiger partial charge is 0.497 e. The molecule has 22 heavy (non-hydrogen) atoms. The van der Waals surface area contributed by atoms with Crippen LogP contribution in [0.5, 0.6) is 5.75 Å². The van der Waals surface area contributed by atoms with Gasteiger partial charge in [0.25, 0.3) is 0 Å². The van der Waals surface area contributed by atoms with Crippen molar-refractivity contribution < 1.29 is 11.0 Å². The maximum Gasteiger partial charge on any atom is 0.244 e. The van der Waals surface area contributed by atoms with E-state index < -0.39 is 0 Å². The van der Waals surface area contributed by atoms with Crippen LogP contribution in [0, 0.1) is 0 Å². The Morgan fingerprint density at radius 2 is 1.73 bits per heavy atom. The van der Waals surface area contributed by atoms with Crippen molar-refractivity contribution in [1.29, 1.82) is 0 Å². The fourth-order valence-corrected chi connectivity index (χ4v) is 2.12. The highest BCUT2D eigenvalue weighted by Gasteiger charge is 2.08. The SMILES string of the molecule is CC.CCCC(CCC)NC(=O)/C=C/c1ccc(OC)cc1.[HH]. The Hall–Kier alpha value is -1.77. The van der Waals surface area contributed by atoms with Crippen LogP contribution < -0.4 is 10.1 Å². The predicted molar refractivity (Wildman–Crippen MR) is 97.2 cm³/mol. The van der Waals surface area contributed by atoms with Gasteiger partial charge in [-0.1, -0.05) is 52.7 Å². The summed E-state index contributed by atoms with van der Waals surface area (Å²) in [5.41, 5.74) is 0.989. The number of ether oxygens (including phenoxy) is 1. The molecule has 0 unspecified atom stereocenters. The molecule has 1 rings (SSSR count). The second-order valence-corrected chi connectivity index (χ2v) is 4.89. The van der Waals surface area contributed by atoms with Gasteiger partial charge >= 0.3 is 0 Å². The van der Waals surface area contributed by atoms with E-state index in [1.165, 1.54) is 0 Å². The summed E-state index contributed by atoms with van der Waals surface area (Å²) in [6, 6.07) is 7.91. The molecule has 0 aliphatic carbocycles. The summed E-state index contributed by atoms with van der Waals surface area (Å²) in [5.74, 6) is 0.797. The first-order chi connectivity index (χ1) is 10.7. The molecular weight excluding hydrogens is 274 g/mol. The summed E-state index contributed by atoms with van der Waals surface area (Å²) < 4.78 is 5.10. The van der Waals surface area contributed by atoms with E-state index in [0.29, 0.717) is 0 Å². The predicted octanol–water partition coefficient (Wildman–Crippen LogP) is 5.07. The molecule has 3 nitrogen and oxygen atoms in total. The molecule has 0 bridgehead atoms. The number of hydrogen-bond donors (Lipinski definition) is 1. The van der Waals surface area contributed by atoms with Gasteiger partial charge < -0.3 is 10.1 Å². The summed E-state index contributed by atoms with van der Waals surface area (Å²) in [6.07, 6.45) is 7.68. The third kappa shape index (κ3) is 8.50. The molecule has 0 atom stereocenters. The molecular formula is C19H33NO2. The van der Waals surface area contributed by atoms with Crippen molar-refractivity contribution in [2.24, 2.45) is 0 Å². The molecule has 0 heterocycles. The van der Waals surface area contributed by atoms with E-state index in [1.54, 1.807) is 13.2 Å². The molecule has 0 saturated carbocycles. The van der Waals surface area contributed by atoms with Gasteiger partial charge in [-0.2, -0.15) is 0 Å². The molecule has 0 fully saturated rings. The van der Waals surface area contributed by atoms with Crippen LogP contribution in [0.1, 0.15) is 60.4 Å². The van der Waals surface area contributed by atoms with Crippen LogP contribution in [-0.2, 0) is 4.79 Å². The van der Waals surface area contributed by atoms with Gasteiger partial charge in [0.15, 0.2) is 0 Å². The number of methoxy groups -OCH3 is 1. The van der Waals surface area contributed by atoms with Crippen LogP contribution >= 0.6 is 0 Å².